The van der Waals surface area contributed by atoms with E-state index in [1.54, 1.807) is 0 Å². The van der Waals surface area contributed by atoms with Gasteiger partial charge in [0, 0.05) is 35.6 Å². The average Bonchev–Trinajstić information content (AvgIpc) is 2.63. The van der Waals surface area contributed by atoms with Gasteiger partial charge in [0.2, 0.25) is 0 Å². The van der Waals surface area contributed by atoms with Crippen molar-refractivity contribution in [2.45, 2.75) is 25.7 Å². The third-order valence-electron chi connectivity index (χ3n) is 5.67. The molecule has 1 saturated carbocycles. The van der Waals surface area contributed by atoms with E-state index < -0.39 is 0 Å². The van der Waals surface area contributed by atoms with Crippen LogP contribution in [0.5, 0.6) is 0 Å². The number of fused-ring (bicyclic) bond motifs is 2. The minimum atomic E-state index is -0.210. The number of allylic oxidation sites excluding steroid dienone is 1. The van der Waals surface area contributed by atoms with Crippen LogP contribution in [0.25, 0.3) is 0 Å². The summed E-state index contributed by atoms with van der Waals surface area (Å²) in [7, 11) is 0. The fraction of sp³-hybridized carbons (Fsp3) is 0.364. The van der Waals surface area contributed by atoms with E-state index in [0.717, 1.165) is 31.6 Å². The first-order valence-electron chi connectivity index (χ1n) is 9.39. The van der Waals surface area contributed by atoms with Crippen molar-refractivity contribution in [2.24, 2.45) is 16.8 Å². The van der Waals surface area contributed by atoms with Gasteiger partial charge in [0.05, 0.1) is 12.2 Å². The van der Waals surface area contributed by atoms with E-state index in [9.17, 15) is 4.79 Å². The van der Waals surface area contributed by atoms with Crippen molar-refractivity contribution in [3.63, 3.8) is 0 Å². The number of aryl methyl sites for hydroxylation is 1. The van der Waals surface area contributed by atoms with Crippen molar-refractivity contribution in [3.8, 4) is 0 Å². The molecule has 1 N–H and O–H groups in total. The number of hydrogen-bond acceptors (Lipinski definition) is 3. The SMILES string of the molecule is C=CC(=C)C(=O)Nc1ccc2c(c1)N(CC1=CC3CCC3C=N1)CCC2. The third-order valence-corrected chi connectivity index (χ3v) is 5.67. The molecule has 0 saturated heterocycles. The minimum absolute atomic E-state index is 0.210. The van der Waals surface area contributed by atoms with Gasteiger partial charge in [0.1, 0.15) is 0 Å². The number of benzene rings is 1. The van der Waals surface area contributed by atoms with Crippen LogP contribution in [0, 0.1) is 11.8 Å². The Morgan fingerprint density at radius 1 is 1.35 bits per heavy atom. The average molecular weight is 347 g/mol. The smallest absolute Gasteiger partial charge is 0.255 e. The number of aliphatic imine (C=N–C) groups is 1. The van der Waals surface area contributed by atoms with Gasteiger partial charge in [-0.25, -0.2) is 0 Å². The van der Waals surface area contributed by atoms with E-state index in [1.807, 2.05) is 6.07 Å². The number of carbonyl (C=O) groups is 1. The number of rotatable bonds is 5. The zero-order chi connectivity index (χ0) is 18.1. The molecule has 26 heavy (non-hydrogen) atoms. The van der Waals surface area contributed by atoms with Gasteiger partial charge < -0.3 is 10.2 Å². The third kappa shape index (κ3) is 3.24. The predicted molar refractivity (Wildman–Crippen MR) is 108 cm³/mol. The van der Waals surface area contributed by atoms with Gasteiger partial charge in [-0.1, -0.05) is 31.4 Å². The van der Waals surface area contributed by atoms with Gasteiger partial charge in [0.25, 0.3) is 5.91 Å². The molecule has 2 aliphatic heterocycles. The molecule has 4 heteroatoms. The molecule has 1 aromatic carbocycles. The highest BCUT2D eigenvalue weighted by molar-refractivity contribution is 6.05. The van der Waals surface area contributed by atoms with Crippen LogP contribution in [0.3, 0.4) is 0 Å². The second-order valence-electron chi connectivity index (χ2n) is 7.39. The number of nitrogens with zero attached hydrogens (tertiary/aromatic N) is 2. The maximum atomic E-state index is 12.1. The number of hydrogen-bond donors (Lipinski definition) is 1. The van der Waals surface area contributed by atoms with Gasteiger partial charge in [-0.15, -0.1) is 0 Å². The Balaban J connectivity index is 1.52. The van der Waals surface area contributed by atoms with Crippen molar-refractivity contribution in [3.05, 3.63) is 60.3 Å². The van der Waals surface area contributed by atoms with Gasteiger partial charge in [-0.2, -0.15) is 0 Å². The fourth-order valence-electron chi connectivity index (χ4n) is 3.91. The van der Waals surface area contributed by atoms with Crippen LogP contribution in [0.1, 0.15) is 24.8 Å². The number of nitrogens with one attached hydrogen (secondary N) is 1. The maximum Gasteiger partial charge on any atom is 0.255 e. The number of anilines is 2. The second kappa shape index (κ2) is 6.94. The molecule has 1 aromatic rings. The normalized spacial score (nSPS) is 23.2. The summed E-state index contributed by atoms with van der Waals surface area (Å²) in [6.07, 6.45) is 10.8. The van der Waals surface area contributed by atoms with Crippen LogP contribution in [-0.2, 0) is 11.2 Å². The molecule has 4 rings (SSSR count). The largest absolute Gasteiger partial charge is 0.365 e. The van der Waals surface area contributed by atoms with Gasteiger partial charge >= 0.3 is 0 Å². The van der Waals surface area contributed by atoms with E-state index >= 15 is 0 Å². The first kappa shape index (κ1) is 16.8. The molecule has 0 radical (unpaired) electrons. The molecule has 0 bridgehead atoms. The molecule has 134 valence electrons. The Kier molecular flexibility index (Phi) is 4.49. The van der Waals surface area contributed by atoms with Crippen molar-refractivity contribution >= 4 is 23.5 Å². The topological polar surface area (TPSA) is 44.7 Å². The summed E-state index contributed by atoms with van der Waals surface area (Å²) in [6, 6.07) is 6.16. The molecule has 2 unspecified atom stereocenters. The summed E-state index contributed by atoms with van der Waals surface area (Å²) < 4.78 is 0. The Bertz CT molecular complexity index is 821. The monoisotopic (exact) mass is 347 g/mol. The molecule has 2 heterocycles. The highest BCUT2D eigenvalue weighted by Gasteiger charge is 2.30. The second-order valence-corrected chi connectivity index (χ2v) is 7.39. The zero-order valence-electron chi connectivity index (χ0n) is 15.1. The lowest BCUT2D eigenvalue weighted by atomic mass is 9.73. The highest BCUT2D eigenvalue weighted by Crippen LogP contribution is 2.38. The summed E-state index contributed by atoms with van der Waals surface area (Å²) in [5.41, 5.74) is 4.87. The molecule has 0 aromatic heterocycles. The van der Waals surface area contributed by atoms with Crippen molar-refractivity contribution in [1.29, 1.82) is 0 Å². The summed E-state index contributed by atoms with van der Waals surface area (Å²) in [5.74, 6) is 1.16. The van der Waals surface area contributed by atoms with Crippen LogP contribution in [-0.4, -0.2) is 25.2 Å². The van der Waals surface area contributed by atoms with Crippen LogP contribution in [0.15, 0.2) is 59.8 Å². The maximum absolute atomic E-state index is 12.1. The molecular weight excluding hydrogens is 322 g/mol. The molecule has 3 aliphatic rings. The van der Waals surface area contributed by atoms with Gasteiger partial charge in [-0.05, 0) is 49.3 Å². The zero-order valence-corrected chi connectivity index (χ0v) is 15.1. The number of amides is 1. The molecule has 1 fully saturated rings. The fourth-order valence-corrected chi connectivity index (χ4v) is 3.91. The van der Waals surface area contributed by atoms with Crippen molar-refractivity contribution in [2.75, 3.05) is 23.3 Å². The summed E-state index contributed by atoms with van der Waals surface area (Å²) >= 11 is 0. The highest BCUT2D eigenvalue weighted by atomic mass is 16.1. The summed E-state index contributed by atoms with van der Waals surface area (Å²) in [5, 5.41) is 2.91. The van der Waals surface area contributed by atoms with Crippen LogP contribution >= 0.6 is 0 Å². The Morgan fingerprint density at radius 3 is 2.92 bits per heavy atom. The first-order valence-corrected chi connectivity index (χ1v) is 9.39. The van der Waals surface area contributed by atoms with Crippen molar-refractivity contribution < 1.29 is 4.79 Å². The summed E-state index contributed by atoms with van der Waals surface area (Å²) in [6.45, 7) is 9.16. The standard InChI is InChI=1S/C22H25N3O/c1-3-15(2)22(26)24-19-9-8-16-5-4-10-25(21(16)12-19)14-20-11-17-6-7-18(17)13-23-20/h3,8-9,11-13,17-18H,1-2,4-7,10,14H2,(H,24,26). The Labute approximate surface area is 155 Å². The van der Waals surface area contributed by atoms with E-state index in [-0.39, 0.29) is 5.91 Å². The lowest BCUT2D eigenvalue weighted by molar-refractivity contribution is -0.112. The Morgan fingerprint density at radius 2 is 2.19 bits per heavy atom. The molecular formula is C22H25N3O. The molecule has 1 amide bonds. The summed E-state index contributed by atoms with van der Waals surface area (Å²) in [4.78, 5) is 19.1. The van der Waals surface area contributed by atoms with Gasteiger partial charge in [-0.3, -0.25) is 9.79 Å². The lowest BCUT2D eigenvalue weighted by Crippen LogP contribution is -2.34. The molecule has 2 atom stereocenters. The quantitative estimate of drug-likeness (QED) is 0.643. The molecule has 4 nitrogen and oxygen atoms in total. The van der Waals surface area contributed by atoms with E-state index in [4.69, 9.17) is 0 Å². The van der Waals surface area contributed by atoms with Gasteiger partial charge in [0.15, 0.2) is 0 Å². The molecule has 1 aliphatic carbocycles. The van der Waals surface area contributed by atoms with Crippen LogP contribution < -0.4 is 10.2 Å². The lowest BCUT2D eigenvalue weighted by Gasteiger charge is -2.36. The predicted octanol–water partition coefficient (Wildman–Crippen LogP) is 4.11. The Hall–Kier alpha value is -2.62. The van der Waals surface area contributed by atoms with E-state index in [2.05, 4.69) is 52.8 Å². The van der Waals surface area contributed by atoms with Crippen LogP contribution in [0.2, 0.25) is 0 Å². The van der Waals surface area contributed by atoms with Crippen molar-refractivity contribution in [1.82, 2.24) is 0 Å². The number of carbonyl (C=O) groups excluding carboxylic acids is 1. The van der Waals surface area contributed by atoms with E-state index in [0.29, 0.717) is 17.4 Å². The first-order chi connectivity index (χ1) is 12.6. The molecule has 0 spiro atoms. The van der Waals surface area contributed by atoms with E-state index in [1.165, 1.54) is 35.9 Å². The van der Waals surface area contributed by atoms with Crippen LogP contribution in [0.4, 0.5) is 11.4 Å². The minimum Gasteiger partial charge on any atom is -0.365 e.